The molecule has 4 heteroatoms. The molecule has 3 nitrogen and oxygen atoms in total. The lowest BCUT2D eigenvalue weighted by atomic mass is 10.0. The first-order chi connectivity index (χ1) is 10.2. The monoisotopic (exact) mass is 342 g/mol. The Morgan fingerprint density at radius 3 is 2.71 bits per heavy atom. The summed E-state index contributed by atoms with van der Waals surface area (Å²) in [5, 5.41) is 6.47. The van der Waals surface area contributed by atoms with Crippen LogP contribution < -0.4 is 0 Å². The Morgan fingerprint density at radius 1 is 1.19 bits per heavy atom. The predicted octanol–water partition coefficient (Wildman–Crippen LogP) is 4.44. The summed E-state index contributed by atoms with van der Waals surface area (Å²) >= 11 is 3.43. The number of hydrogen-bond acceptors (Lipinski definition) is 2. The molecule has 0 fully saturated rings. The van der Waals surface area contributed by atoms with Crippen LogP contribution in [-0.4, -0.2) is 15.6 Å². The third-order valence-electron chi connectivity index (χ3n) is 3.46. The maximum absolute atomic E-state index is 12.8. The second kappa shape index (κ2) is 5.82. The molecule has 0 bridgehead atoms. The molecule has 0 N–H and O–H groups in total. The first kappa shape index (κ1) is 14.0. The topological polar surface area (TPSA) is 34.9 Å². The number of benzene rings is 2. The largest absolute Gasteiger partial charge is 0.287 e. The normalized spacial score (nSPS) is 11.0. The van der Waals surface area contributed by atoms with Crippen LogP contribution in [0.3, 0.4) is 0 Å². The van der Waals surface area contributed by atoms with Crippen molar-refractivity contribution in [3.8, 4) is 0 Å². The summed E-state index contributed by atoms with van der Waals surface area (Å²) in [6.45, 7) is 2.81. The number of ketones is 1. The quantitative estimate of drug-likeness (QED) is 0.657. The molecule has 0 amide bonds. The highest BCUT2D eigenvalue weighted by molar-refractivity contribution is 9.10. The molecule has 0 radical (unpaired) electrons. The van der Waals surface area contributed by atoms with Crippen LogP contribution >= 0.6 is 15.9 Å². The zero-order valence-electron chi connectivity index (χ0n) is 11.7. The van der Waals surface area contributed by atoms with Crippen LogP contribution in [-0.2, 0) is 6.54 Å². The van der Waals surface area contributed by atoms with Crippen molar-refractivity contribution < 1.29 is 4.79 Å². The number of halogens is 1. The van der Waals surface area contributed by atoms with E-state index >= 15 is 0 Å². The fourth-order valence-electron chi connectivity index (χ4n) is 2.44. The lowest BCUT2D eigenvalue weighted by molar-refractivity contribution is 0.102. The van der Waals surface area contributed by atoms with E-state index in [1.165, 1.54) is 0 Å². The van der Waals surface area contributed by atoms with Crippen LogP contribution in [0.5, 0.6) is 0 Å². The number of carbonyl (C=O) groups excluding carboxylic acids is 1. The maximum atomic E-state index is 12.8. The molecule has 1 aromatic heterocycles. The van der Waals surface area contributed by atoms with Crippen molar-refractivity contribution in [2.75, 3.05) is 0 Å². The van der Waals surface area contributed by atoms with E-state index in [9.17, 15) is 4.79 Å². The Bertz CT molecular complexity index is 807. The van der Waals surface area contributed by atoms with Gasteiger partial charge in [-0.3, -0.25) is 9.48 Å². The lowest BCUT2D eigenvalue weighted by Crippen LogP contribution is -2.12. The standard InChI is InChI=1S/C17H15BrN2O/c1-2-9-20-16(15(18)11-19-20)17(21)14-8-7-12-5-3-4-6-13(12)10-14/h3-8,10-11H,2,9H2,1H3. The molecule has 0 aliphatic heterocycles. The molecule has 106 valence electrons. The summed E-state index contributed by atoms with van der Waals surface area (Å²) < 4.78 is 2.51. The molecule has 3 rings (SSSR count). The van der Waals surface area contributed by atoms with Crippen LogP contribution in [0, 0.1) is 0 Å². The summed E-state index contributed by atoms with van der Waals surface area (Å²) in [5.41, 5.74) is 1.30. The van der Waals surface area contributed by atoms with E-state index in [1.807, 2.05) is 42.5 Å². The third kappa shape index (κ3) is 2.63. The second-order valence-electron chi connectivity index (χ2n) is 4.96. The molecule has 0 unspecified atom stereocenters. The highest BCUT2D eigenvalue weighted by atomic mass is 79.9. The van der Waals surface area contributed by atoms with Crippen molar-refractivity contribution in [2.24, 2.45) is 0 Å². The van der Waals surface area contributed by atoms with E-state index in [-0.39, 0.29) is 5.78 Å². The van der Waals surface area contributed by atoms with Gasteiger partial charge in [0.1, 0.15) is 5.69 Å². The zero-order valence-corrected chi connectivity index (χ0v) is 13.3. The van der Waals surface area contributed by atoms with E-state index in [2.05, 4.69) is 28.0 Å². The van der Waals surface area contributed by atoms with Crippen LogP contribution in [0.25, 0.3) is 10.8 Å². The molecule has 0 saturated carbocycles. The highest BCUT2D eigenvalue weighted by Gasteiger charge is 2.18. The van der Waals surface area contributed by atoms with Gasteiger partial charge in [0.05, 0.1) is 10.7 Å². The van der Waals surface area contributed by atoms with Gasteiger partial charge in [0.2, 0.25) is 5.78 Å². The average Bonchev–Trinajstić information content (AvgIpc) is 2.87. The second-order valence-corrected chi connectivity index (χ2v) is 5.81. The molecular formula is C17H15BrN2O. The van der Waals surface area contributed by atoms with Crippen LogP contribution in [0.15, 0.2) is 53.1 Å². The van der Waals surface area contributed by atoms with Gasteiger partial charge in [-0.15, -0.1) is 0 Å². The summed E-state index contributed by atoms with van der Waals surface area (Å²) in [5.74, 6) is -0.00132. The SMILES string of the molecule is CCCn1ncc(Br)c1C(=O)c1ccc2ccccc2c1. The highest BCUT2D eigenvalue weighted by Crippen LogP contribution is 2.22. The first-order valence-electron chi connectivity index (χ1n) is 6.95. The van der Waals surface area contributed by atoms with E-state index in [1.54, 1.807) is 10.9 Å². The van der Waals surface area contributed by atoms with Gasteiger partial charge < -0.3 is 0 Å². The third-order valence-corrected chi connectivity index (χ3v) is 4.04. The van der Waals surface area contributed by atoms with E-state index < -0.39 is 0 Å². The van der Waals surface area contributed by atoms with Gasteiger partial charge in [0.15, 0.2) is 0 Å². The van der Waals surface area contributed by atoms with Gasteiger partial charge in [0.25, 0.3) is 0 Å². The Morgan fingerprint density at radius 2 is 1.95 bits per heavy atom. The summed E-state index contributed by atoms with van der Waals surface area (Å²) in [6.07, 6.45) is 2.62. The molecule has 0 spiro atoms. The smallest absolute Gasteiger partial charge is 0.212 e. The fraction of sp³-hybridized carbons (Fsp3) is 0.176. The minimum absolute atomic E-state index is 0.00132. The van der Waals surface area contributed by atoms with Crippen LogP contribution in [0.4, 0.5) is 0 Å². The summed E-state index contributed by atoms with van der Waals surface area (Å²) in [7, 11) is 0. The number of aryl methyl sites for hydroxylation is 1. The number of carbonyl (C=O) groups is 1. The number of fused-ring (bicyclic) bond motifs is 1. The van der Waals surface area contributed by atoms with Crippen LogP contribution in [0.2, 0.25) is 0 Å². The van der Waals surface area contributed by atoms with Crippen molar-refractivity contribution in [1.29, 1.82) is 0 Å². The Hall–Kier alpha value is -1.94. The van der Waals surface area contributed by atoms with Crippen LogP contribution in [0.1, 0.15) is 29.4 Å². The molecule has 0 atom stereocenters. The fourth-order valence-corrected chi connectivity index (χ4v) is 2.91. The molecule has 0 aliphatic carbocycles. The van der Waals surface area contributed by atoms with Gasteiger partial charge in [-0.1, -0.05) is 43.3 Å². The Labute approximate surface area is 131 Å². The summed E-state index contributed by atoms with van der Waals surface area (Å²) in [4.78, 5) is 12.8. The van der Waals surface area contributed by atoms with Gasteiger partial charge >= 0.3 is 0 Å². The Kier molecular flexibility index (Phi) is 3.88. The molecule has 21 heavy (non-hydrogen) atoms. The van der Waals surface area contributed by atoms with Crippen molar-refractivity contribution >= 4 is 32.5 Å². The Balaban J connectivity index is 2.06. The van der Waals surface area contributed by atoms with Crippen molar-refractivity contribution in [2.45, 2.75) is 19.9 Å². The van der Waals surface area contributed by atoms with E-state index in [0.29, 0.717) is 11.3 Å². The molecule has 2 aromatic carbocycles. The van der Waals surface area contributed by atoms with E-state index in [0.717, 1.165) is 28.2 Å². The van der Waals surface area contributed by atoms with Gasteiger partial charge in [-0.2, -0.15) is 5.10 Å². The number of rotatable bonds is 4. The predicted molar refractivity (Wildman–Crippen MR) is 87.6 cm³/mol. The average molecular weight is 343 g/mol. The summed E-state index contributed by atoms with van der Waals surface area (Å²) in [6, 6.07) is 13.8. The molecule has 3 aromatic rings. The number of hydrogen-bond donors (Lipinski definition) is 0. The molecule has 0 aliphatic rings. The minimum Gasteiger partial charge on any atom is -0.287 e. The molecule has 1 heterocycles. The minimum atomic E-state index is -0.00132. The van der Waals surface area contributed by atoms with Gasteiger partial charge in [-0.05, 0) is 39.2 Å². The number of nitrogens with zero attached hydrogens (tertiary/aromatic N) is 2. The van der Waals surface area contributed by atoms with E-state index in [4.69, 9.17) is 0 Å². The zero-order chi connectivity index (χ0) is 14.8. The first-order valence-corrected chi connectivity index (χ1v) is 7.75. The van der Waals surface area contributed by atoms with Crippen molar-refractivity contribution in [1.82, 2.24) is 9.78 Å². The van der Waals surface area contributed by atoms with Crippen molar-refractivity contribution in [3.05, 3.63) is 64.4 Å². The molecular weight excluding hydrogens is 328 g/mol. The van der Waals surface area contributed by atoms with Crippen molar-refractivity contribution in [3.63, 3.8) is 0 Å². The van der Waals surface area contributed by atoms with Gasteiger partial charge in [-0.25, -0.2) is 0 Å². The lowest BCUT2D eigenvalue weighted by Gasteiger charge is -2.07. The maximum Gasteiger partial charge on any atom is 0.212 e. The number of aromatic nitrogens is 2. The molecule has 0 saturated heterocycles. The van der Waals surface area contributed by atoms with Gasteiger partial charge in [0, 0.05) is 12.1 Å².